The second-order valence-electron chi connectivity index (χ2n) is 16.6. The van der Waals surface area contributed by atoms with E-state index in [4.69, 9.17) is 24.4 Å². The lowest BCUT2D eigenvalue weighted by Crippen LogP contribution is -2.07. The molecule has 5 heterocycles. The van der Waals surface area contributed by atoms with E-state index in [0.717, 1.165) is 103 Å². The summed E-state index contributed by atoms with van der Waals surface area (Å²) in [5, 5.41) is 7.50. The Kier molecular flexibility index (Phi) is 8.02. The fraction of sp³-hybridized carbons (Fsp3) is 0. The van der Waals surface area contributed by atoms with Gasteiger partial charge in [-0.1, -0.05) is 158 Å². The van der Waals surface area contributed by atoms with Gasteiger partial charge in [-0.15, -0.1) is 11.3 Å². The maximum absolute atomic E-state index is 6.65. The van der Waals surface area contributed by atoms with Gasteiger partial charge in [0.15, 0.2) is 11.6 Å². The maximum atomic E-state index is 6.65. The molecule has 14 aromatic rings. The van der Waals surface area contributed by atoms with Crippen LogP contribution >= 0.6 is 11.3 Å². The Hall–Kier alpha value is -8.72. The van der Waals surface area contributed by atoms with Gasteiger partial charge in [-0.05, 0) is 59.7 Å². The van der Waals surface area contributed by atoms with Gasteiger partial charge in [-0.25, -0.2) is 9.97 Å². The molecular formula is C58H34N6OS. The highest BCUT2D eigenvalue weighted by Gasteiger charge is 2.25. The molecule has 0 N–H and O–H groups in total. The number of fused-ring (bicyclic) bond motifs is 11. The molecule has 0 saturated carbocycles. The summed E-state index contributed by atoms with van der Waals surface area (Å²) < 4.78 is 12.3. The molecule has 0 unspecified atom stereocenters. The zero-order chi connectivity index (χ0) is 43.3. The monoisotopic (exact) mass is 862 g/mol. The minimum Gasteiger partial charge on any atom is -0.455 e. The van der Waals surface area contributed by atoms with Crippen LogP contribution in [0.3, 0.4) is 0 Å². The minimum absolute atomic E-state index is 0.505. The van der Waals surface area contributed by atoms with Gasteiger partial charge >= 0.3 is 0 Å². The standard InChI is InChI=1S/C58H34N6OS/c1-3-15-35(16-4-1)36-29-31-37(32-30-36)57-59-47-25-14-24-46(54(47)66-57)56-60-55(45-23-13-22-44-41-21-9-12-28-50(41)65-53(44)45)61-58(62-56)64-49-27-11-8-20-40(49)43-34-33-42-39-19-7-10-26-48(39)63(51(42)52(43)64)38-17-5-2-6-18-38/h1-34H. The van der Waals surface area contributed by atoms with Crippen molar-refractivity contribution >= 4 is 87.1 Å². The third kappa shape index (κ3) is 5.55. The predicted octanol–water partition coefficient (Wildman–Crippen LogP) is 15.2. The normalized spacial score (nSPS) is 11.9. The van der Waals surface area contributed by atoms with Gasteiger partial charge in [0.25, 0.3) is 0 Å². The van der Waals surface area contributed by atoms with E-state index in [1.807, 2.05) is 30.3 Å². The highest BCUT2D eigenvalue weighted by Crippen LogP contribution is 2.43. The number of para-hydroxylation sites is 5. The Morgan fingerprint density at radius 1 is 0.379 bits per heavy atom. The lowest BCUT2D eigenvalue weighted by Gasteiger charge is -2.13. The molecule has 8 heteroatoms. The van der Waals surface area contributed by atoms with Crippen molar-refractivity contribution in [3.63, 3.8) is 0 Å². The molecular weight excluding hydrogens is 829 g/mol. The van der Waals surface area contributed by atoms with Gasteiger partial charge in [0.05, 0.1) is 37.8 Å². The van der Waals surface area contributed by atoms with Gasteiger partial charge in [0, 0.05) is 49.1 Å². The van der Waals surface area contributed by atoms with Crippen molar-refractivity contribution in [2.24, 2.45) is 0 Å². The van der Waals surface area contributed by atoms with Crippen LogP contribution in [0.4, 0.5) is 0 Å². The maximum Gasteiger partial charge on any atom is 0.238 e. The second-order valence-corrected chi connectivity index (χ2v) is 17.6. The topological polar surface area (TPSA) is 74.6 Å². The average molecular weight is 863 g/mol. The summed E-state index contributed by atoms with van der Waals surface area (Å²) in [4.78, 5) is 21.6. The number of furan rings is 1. The van der Waals surface area contributed by atoms with Crippen molar-refractivity contribution in [1.29, 1.82) is 0 Å². The predicted molar refractivity (Wildman–Crippen MR) is 271 cm³/mol. The summed E-state index contributed by atoms with van der Waals surface area (Å²) >= 11 is 1.65. The van der Waals surface area contributed by atoms with E-state index in [2.05, 4.69) is 185 Å². The Labute approximate surface area is 381 Å². The van der Waals surface area contributed by atoms with Crippen LogP contribution in [-0.4, -0.2) is 29.1 Å². The summed E-state index contributed by atoms with van der Waals surface area (Å²) in [6.45, 7) is 0. The lowest BCUT2D eigenvalue weighted by atomic mass is 10.0. The van der Waals surface area contributed by atoms with Gasteiger partial charge in [0.2, 0.25) is 5.95 Å². The highest BCUT2D eigenvalue weighted by molar-refractivity contribution is 7.22. The van der Waals surface area contributed by atoms with Gasteiger partial charge in [-0.2, -0.15) is 9.97 Å². The van der Waals surface area contributed by atoms with E-state index in [1.165, 1.54) is 10.9 Å². The molecule has 0 radical (unpaired) electrons. The number of hydrogen-bond acceptors (Lipinski definition) is 6. The average Bonchev–Trinajstić information content (AvgIpc) is 4.16. The minimum atomic E-state index is 0.505. The van der Waals surface area contributed by atoms with Crippen LogP contribution in [0.15, 0.2) is 211 Å². The zero-order valence-electron chi connectivity index (χ0n) is 35.1. The van der Waals surface area contributed by atoms with Crippen LogP contribution in [0.1, 0.15) is 0 Å². The van der Waals surface area contributed by atoms with Crippen molar-refractivity contribution in [3.8, 4) is 56.1 Å². The largest absolute Gasteiger partial charge is 0.455 e. The SMILES string of the molecule is c1ccc(-c2ccc(-c3nc4cccc(-c5nc(-c6cccc7c6oc6ccccc67)nc(-n6c7ccccc7c7ccc8c9ccccc9n(-c9ccccc9)c8c76)n5)c4s3)cc2)cc1. The molecule has 0 saturated heterocycles. The van der Waals surface area contributed by atoms with Crippen LogP contribution in [0.25, 0.3) is 132 Å². The second kappa shape index (κ2) is 14.4. The first-order chi connectivity index (χ1) is 32.7. The van der Waals surface area contributed by atoms with E-state index < -0.39 is 0 Å². The third-order valence-electron chi connectivity index (χ3n) is 12.8. The first-order valence-corrected chi connectivity index (χ1v) is 22.8. The first kappa shape index (κ1) is 36.7. The van der Waals surface area contributed by atoms with Gasteiger partial charge < -0.3 is 8.98 Å². The molecule has 0 fully saturated rings. The lowest BCUT2D eigenvalue weighted by molar-refractivity contribution is 0.669. The molecule has 0 aliphatic heterocycles. The van der Waals surface area contributed by atoms with Crippen molar-refractivity contribution in [3.05, 3.63) is 206 Å². The quantitative estimate of drug-likeness (QED) is 0.166. The summed E-state index contributed by atoms with van der Waals surface area (Å²) in [5.41, 5.74) is 12.8. The number of nitrogens with zero attached hydrogens (tertiary/aromatic N) is 6. The first-order valence-electron chi connectivity index (χ1n) is 22.0. The van der Waals surface area contributed by atoms with Crippen molar-refractivity contribution in [2.45, 2.75) is 0 Å². The van der Waals surface area contributed by atoms with Crippen molar-refractivity contribution in [2.75, 3.05) is 0 Å². The van der Waals surface area contributed by atoms with E-state index in [9.17, 15) is 0 Å². The summed E-state index contributed by atoms with van der Waals surface area (Å²) in [5.74, 6) is 1.56. The van der Waals surface area contributed by atoms with Crippen LogP contribution < -0.4 is 0 Å². The molecule has 0 bridgehead atoms. The third-order valence-corrected chi connectivity index (χ3v) is 14.0. The zero-order valence-corrected chi connectivity index (χ0v) is 35.9. The molecule has 14 rings (SSSR count). The van der Waals surface area contributed by atoms with Crippen LogP contribution in [-0.2, 0) is 0 Å². The van der Waals surface area contributed by atoms with Crippen LogP contribution in [0, 0.1) is 0 Å². The fourth-order valence-corrected chi connectivity index (χ4v) is 10.9. The molecule has 0 atom stereocenters. The van der Waals surface area contributed by atoms with E-state index >= 15 is 0 Å². The molecule has 66 heavy (non-hydrogen) atoms. The number of thiazole rings is 1. The molecule has 0 aliphatic rings. The van der Waals surface area contributed by atoms with Gasteiger partial charge in [0.1, 0.15) is 16.2 Å². The number of rotatable bonds is 6. The van der Waals surface area contributed by atoms with Crippen LogP contribution in [0.2, 0.25) is 0 Å². The van der Waals surface area contributed by atoms with Gasteiger partial charge in [-0.3, -0.25) is 4.57 Å². The number of benzene rings is 9. The van der Waals surface area contributed by atoms with E-state index in [1.54, 1.807) is 11.3 Å². The Morgan fingerprint density at radius 2 is 0.939 bits per heavy atom. The Morgan fingerprint density at radius 3 is 1.70 bits per heavy atom. The number of hydrogen-bond donors (Lipinski definition) is 0. The molecule has 0 aliphatic carbocycles. The Balaban J connectivity index is 1.06. The van der Waals surface area contributed by atoms with E-state index in [-0.39, 0.29) is 0 Å². The fourth-order valence-electron chi connectivity index (χ4n) is 9.87. The molecule has 7 nitrogen and oxygen atoms in total. The van der Waals surface area contributed by atoms with Crippen molar-refractivity contribution in [1.82, 2.24) is 29.1 Å². The van der Waals surface area contributed by atoms with Crippen LogP contribution in [0.5, 0.6) is 0 Å². The Bertz CT molecular complexity index is 4220. The highest BCUT2D eigenvalue weighted by atomic mass is 32.1. The van der Waals surface area contributed by atoms with E-state index in [0.29, 0.717) is 17.6 Å². The smallest absolute Gasteiger partial charge is 0.238 e. The summed E-state index contributed by atoms with van der Waals surface area (Å²) in [6.07, 6.45) is 0. The molecule has 0 amide bonds. The molecule has 308 valence electrons. The summed E-state index contributed by atoms with van der Waals surface area (Å²) in [6, 6.07) is 72.0. The molecule has 9 aromatic carbocycles. The number of aromatic nitrogens is 6. The van der Waals surface area contributed by atoms with Crippen molar-refractivity contribution < 1.29 is 4.42 Å². The molecule has 0 spiro atoms. The molecule has 5 aromatic heterocycles. The summed E-state index contributed by atoms with van der Waals surface area (Å²) in [7, 11) is 0.